The minimum atomic E-state index is 0.266. The van der Waals surface area contributed by atoms with Gasteiger partial charge in [-0.15, -0.1) is 0 Å². The van der Waals surface area contributed by atoms with E-state index in [2.05, 4.69) is 22.5 Å². The van der Waals surface area contributed by atoms with Crippen LogP contribution in [-0.2, 0) is 20.8 Å². The normalized spacial score (nSPS) is 17.5. The fourth-order valence-corrected chi connectivity index (χ4v) is 2.76. The number of halogens is 1. The van der Waals surface area contributed by atoms with E-state index in [9.17, 15) is 0 Å². The monoisotopic (exact) mass is 383 g/mol. The topological polar surface area (TPSA) is 64.1 Å². The molecule has 1 atom stereocenters. The van der Waals surface area contributed by atoms with Crippen molar-refractivity contribution in [2.24, 2.45) is 4.99 Å². The van der Waals surface area contributed by atoms with Crippen LogP contribution in [-0.4, -0.2) is 58.1 Å². The zero-order valence-corrected chi connectivity index (χ0v) is 16.3. The van der Waals surface area contributed by atoms with Crippen molar-refractivity contribution in [1.82, 2.24) is 10.6 Å². The summed E-state index contributed by atoms with van der Waals surface area (Å²) in [4.78, 5) is 4.56. The highest BCUT2D eigenvalue weighted by atomic mass is 35.5. The van der Waals surface area contributed by atoms with Gasteiger partial charge in [0.1, 0.15) is 0 Å². The molecular weight excluding hydrogens is 354 g/mol. The van der Waals surface area contributed by atoms with Crippen molar-refractivity contribution in [2.75, 3.05) is 46.1 Å². The van der Waals surface area contributed by atoms with Crippen molar-refractivity contribution >= 4 is 17.6 Å². The summed E-state index contributed by atoms with van der Waals surface area (Å²) in [5.74, 6) is 0.808. The van der Waals surface area contributed by atoms with E-state index >= 15 is 0 Å². The van der Waals surface area contributed by atoms with Gasteiger partial charge in [0.05, 0.1) is 25.9 Å². The predicted molar refractivity (Wildman–Crippen MR) is 105 cm³/mol. The summed E-state index contributed by atoms with van der Waals surface area (Å²) < 4.78 is 16.7. The first kappa shape index (κ1) is 21.0. The van der Waals surface area contributed by atoms with Crippen LogP contribution in [0.5, 0.6) is 0 Å². The Kier molecular flexibility index (Phi) is 10.4. The molecule has 0 spiro atoms. The molecule has 1 aromatic carbocycles. The van der Waals surface area contributed by atoms with Gasteiger partial charge in [0, 0.05) is 37.9 Å². The molecule has 1 fully saturated rings. The summed E-state index contributed by atoms with van der Waals surface area (Å²) in [6, 6.07) is 7.71. The van der Waals surface area contributed by atoms with E-state index < -0.39 is 0 Å². The summed E-state index contributed by atoms with van der Waals surface area (Å²) >= 11 is 5.96. The Hall–Kier alpha value is -1.34. The zero-order chi connectivity index (χ0) is 18.5. The molecule has 6 nitrogen and oxygen atoms in total. The molecule has 0 saturated carbocycles. The Labute approximate surface area is 161 Å². The smallest absolute Gasteiger partial charge is 0.191 e. The lowest BCUT2D eigenvalue weighted by Gasteiger charge is -2.12. The molecule has 1 aliphatic heterocycles. The number of ether oxygens (including phenoxy) is 3. The lowest BCUT2D eigenvalue weighted by atomic mass is 10.2. The fraction of sp³-hybridized carbons (Fsp3) is 0.632. The highest BCUT2D eigenvalue weighted by Gasteiger charge is 2.15. The van der Waals surface area contributed by atoms with Gasteiger partial charge in [0.25, 0.3) is 0 Å². The molecule has 1 unspecified atom stereocenters. The Balaban J connectivity index is 1.55. The van der Waals surface area contributed by atoms with Crippen LogP contribution in [0.25, 0.3) is 0 Å². The average molecular weight is 384 g/mol. The number of rotatable bonds is 11. The Morgan fingerprint density at radius 1 is 1.35 bits per heavy atom. The van der Waals surface area contributed by atoms with Crippen molar-refractivity contribution in [3.8, 4) is 0 Å². The Morgan fingerprint density at radius 3 is 3.04 bits per heavy atom. The summed E-state index contributed by atoms with van der Waals surface area (Å²) in [7, 11) is 0. The van der Waals surface area contributed by atoms with Gasteiger partial charge in [-0.2, -0.15) is 0 Å². The maximum absolute atomic E-state index is 5.96. The third-order valence-corrected chi connectivity index (χ3v) is 4.09. The van der Waals surface area contributed by atoms with E-state index in [1.807, 2.05) is 24.3 Å². The largest absolute Gasteiger partial charge is 0.379 e. The highest BCUT2D eigenvalue weighted by molar-refractivity contribution is 6.30. The minimum Gasteiger partial charge on any atom is -0.379 e. The third kappa shape index (κ3) is 8.85. The van der Waals surface area contributed by atoms with Crippen LogP contribution >= 0.6 is 11.6 Å². The van der Waals surface area contributed by atoms with E-state index in [1.54, 1.807) is 0 Å². The van der Waals surface area contributed by atoms with Crippen molar-refractivity contribution < 1.29 is 14.2 Å². The first-order chi connectivity index (χ1) is 12.8. The number of hydrogen-bond acceptors (Lipinski definition) is 4. The summed E-state index contributed by atoms with van der Waals surface area (Å²) in [5.41, 5.74) is 1.07. The molecule has 0 aromatic heterocycles. The molecule has 0 aliphatic carbocycles. The van der Waals surface area contributed by atoms with Gasteiger partial charge in [-0.1, -0.05) is 23.7 Å². The van der Waals surface area contributed by atoms with Crippen molar-refractivity contribution in [1.29, 1.82) is 0 Å². The summed E-state index contributed by atoms with van der Waals surface area (Å²) in [6.07, 6.45) is 2.17. The number of guanidine groups is 1. The molecule has 1 saturated heterocycles. The Morgan fingerprint density at radius 2 is 2.27 bits per heavy atom. The standard InChI is InChI=1S/C19H30ClN3O3/c1-2-21-19(22-8-4-10-26-18-7-11-24-15-18)23-9-12-25-14-16-5-3-6-17(20)13-16/h3,5-6,13,18H,2,4,7-12,14-15H2,1H3,(H2,21,22,23). The van der Waals surface area contributed by atoms with Crippen molar-refractivity contribution in [2.45, 2.75) is 32.5 Å². The predicted octanol–water partition coefficient (Wildman–Crippen LogP) is 2.61. The van der Waals surface area contributed by atoms with Crippen LogP contribution in [0.1, 0.15) is 25.3 Å². The average Bonchev–Trinajstić information content (AvgIpc) is 3.14. The zero-order valence-electron chi connectivity index (χ0n) is 15.5. The molecular formula is C19H30ClN3O3. The van der Waals surface area contributed by atoms with Gasteiger partial charge in [0.2, 0.25) is 0 Å². The molecule has 2 N–H and O–H groups in total. The lowest BCUT2D eigenvalue weighted by molar-refractivity contribution is 0.0424. The van der Waals surface area contributed by atoms with E-state index in [0.29, 0.717) is 19.8 Å². The van der Waals surface area contributed by atoms with Crippen molar-refractivity contribution in [3.63, 3.8) is 0 Å². The molecule has 1 aromatic rings. The van der Waals surface area contributed by atoms with Crippen LogP contribution in [0.4, 0.5) is 0 Å². The summed E-state index contributed by atoms with van der Waals surface area (Å²) in [6.45, 7) is 7.72. The minimum absolute atomic E-state index is 0.266. The fourth-order valence-electron chi connectivity index (χ4n) is 2.55. The molecule has 26 heavy (non-hydrogen) atoms. The highest BCUT2D eigenvalue weighted by Crippen LogP contribution is 2.11. The molecule has 7 heteroatoms. The second kappa shape index (κ2) is 12.9. The molecule has 146 valence electrons. The third-order valence-electron chi connectivity index (χ3n) is 3.85. The van der Waals surface area contributed by atoms with E-state index in [-0.39, 0.29) is 6.10 Å². The molecule has 0 bridgehead atoms. The molecule has 1 heterocycles. The van der Waals surface area contributed by atoms with Crippen molar-refractivity contribution in [3.05, 3.63) is 34.9 Å². The van der Waals surface area contributed by atoms with Crippen LogP contribution in [0.3, 0.4) is 0 Å². The number of aliphatic imine (C=N–C) groups is 1. The quantitative estimate of drug-likeness (QED) is 0.349. The van der Waals surface area contributed by atoms with Gasteiger partial charge in [-0.25, -0.2) is 0 Å². The van der Waals surface area contributed by atoms with E-state index in [4.69, 9.17) is 25.8 Å². The van der Waals surface area contributed by atoms with Gasteiger partial charge in [0.15, 0.2) is 5.96 Å². The maximum atomic E-state index is 5.96. The number of benzene rings is 1. The van der Waals surface area contributed by atoms with Crippen LogP contribution in [0.15, 0.2) is 29.3 Å². The molecule has 0 amide bonds. The number of nitrogens with one attached hydrogen (secondary N) is 2. The number of nitrogens with zero attached hydrogens (tertiary/aromatic N) is 1. The van der Waals surface area contributed by atoms with Gasteiger partial charge < -0.3 is 24.8 Å². The van der Waals surface area contributed by atoms with E-state index in [0.717, 1.165) is 62.3 Å². The summed E-state index contributed by atoms with van der Waals surface area (Å²) in [5, 5.41) is 7.24. The molecule has 2 rings (SSSR count). The maximum Gasteiger partial charge on any atom is 0.191 e. The van der Waals surface area contributed by atoms with Crippen LogP contribution < -0.4 is 10.6 Å². The van der Waals surface area contributed by atoms with Crippen LogP contribution in [0, 0.1) is 0 Å². The van der Waals surface area contributed by atoms with Crippen LogP contribution in [0.2, 0.25) is 5.02 Å². The molecule has 0 radical (unpaired) electrons. The van der Waals surface area contributed by atoms with Gasteiger partial charge in [-0.05, 0) is 37.5 Å². The second-order valence-corrected chi connectivity index (χ2v) is 6.52. The van der Waals surface area contributed by atoms with Gasteiger partial charge >= 0.3 is 0 Å². The van der Waals surface area contributed by atoms with E-state index in [1.165, 1.54) is 0 Å². The Bertz CT molecular complexity index is 537. The first-order valence-electron chi connectivity index (χ1n) is 9.31. The lowest BCUT2D eigenvalue weighted by Crippen LogP contribution is -2.39. The second-order valence-electron chi connectivity index (χ2n) is 6.08. The number of hydrogen-bond donors (Lipinski definition) is 2. The first-order valence-corrected chi connectivity index (χ1v) is 9.69. The molecule has 1 aliphatic rings. The van der Waals surface area contributed by atoms with Gasteiger partial charge in [-0.3, -0.25) is 4.99 Å². The SMILES string of the molecule is CCNC(=NCCCOC1CCOC1)NCCOCc1cccc(Cl)c1.